The first kappa shape index (κ1) is 24.8. The van der Waals surface area contributed by atoms with Gasteiger partial charge in [0.15, 0.2) is 0 Å². The first-order valence-corrected chi connectivity index (χ1v) is 9.79. The molecule has 1 N–H and O–H groups in total. The number of hydrogen-bond donors (Lipinski definition) is 1. The summed E-state index contributed by atoms with van der Waals surface area (Å²) < 4.78 is 21.3. The van der Waals surface area contributed by atoms with Crippen LogP contribution in [0.15, 0.2) is 24.3 Å². The second-order valence-corrected chi connectivity index (χ2v) is 7.13. The zero-order valence-electron chi connectivity index (χ0n) is 17.9. The molecular weight excluding hydrogens is 378 g/mol. The van der Waals surface area contributed by atoms with Crippen LogP contribution in [0.3, 0.4) is 0 Å². The summed E-state index contributed by atoms with van der Waals surface area (Å²) in [5.41, 5.74) is 0. The topological polar surface area (TPSA) is 100 Å². The molecule has 1 rings (SSSR count). The van der Waals surface area contributed by atoms with Crippen molar-refractivity contribution in [3.8, 4) is 0 Å². The minimum Gasteiger partial charge on any atom is -0.463 e. The Morgan fingerprint density at radius 3 is 1.93 bits per heavy atom. The molecule has 0 saturated carbocycles. The number of carbonyl (C=O) groups excluding carboxylic acids is 3. The van der Waals surface area contributed by atoms with Crippen molar-refractivity contribution in [3.63, 3.8) is 0 Å². The van der Waals surface area contributed by atoms with Crippen LogP contribution >= 0.6 is 0 Å². The third-order valence-corrected chi connectivity index (χ3v) is 4.77. The molecule has 0 aliphatic carbocycles. The van der Waals surface area contributed by atoms with Gasteiger partial charge in [0, 0.05) is 32.5 Å². The molecule has 8 nitrogen and oxygen atoms in total. The average Bonchev–Trinajstić information content (AvgIpc) is 2.67. The molecule has 1 aliphatic heterocycles. The highest BCUT2D eigenvalue weighted by Crippen LogP contribution is 2.12. The van der Waals surface area contributed by atoms with Crippen molar-refractivity contribution < 1.29 is 33.3 Å². The molecule has 0 aromatic rings. The van der Waals surface area contributed by atoms with Crippen molar-refractivity contribution in [3.05, 3.63) is 24.3 Å². The number of nitrogens with one attached hydrogen (secondary N) is 1. The van der Waals surface area contributed by atoms with E-state index in [-0.39, 0.29) is 62.0 Å². The van der Waals surface area contributed by atoms with Crippen molar-refractivity contribution in [1.82, 2.24) is 5.32 Å². The van der Waals surface area contributed by atoms with E-state index in [0.717, 1.165) is 0 Å². The lowest BCUT2D eigenvalue weighted by Gasteiger charge is -2.21. The zero-order chi connectivity index (χ0) is 21.8. The van der Waals surface area contributed by atoms with E-state index < -0.39 is 12.0 Å². The molecule has 164 valence electrons. The van der Waals surface area contributed by atoms with Crippen LogP contribution in [0.25, 0.3) is 0 Å². The molecule has 0 fully saturated rings. The molecule has 5 atom stereocenters. The lowest BCUT2D eigenvalue weighted by molar-refractivity contribution is -0.151. The van der Waals surface area contributed by atoms with Crippen molar-refractivity contribution in [1.29, 1.82) is 0 Å². The largest absolute Gasteiger partial charge is 0.463 e. The number of carbonyl (C=O) groups is 3. The Hall–Kier alpha value is -2.19. The standard InChI is InChI=1S/C21H33NO7/c1-14-8-6-10-19(23)22-16(3)21(25)29-13-18(27-5)15(2)9-7-11-20(24)28-12-17(14)26-4/h6-9,14-18H,10-13H2,1-5H3,(H,22,23)/t14-,15+,16-,17-,18+/m1/s1. The summed E-state index contributed by atoms with van der Waals surface area (Å²) in [6, 6.07) is -0.767. The Morgan fingerprint density at radius 1 is 0.862 bits per heavy atom. The molecule has 1 aliphatic rings. The monoisotopic (exact) mass is 411 g/mol. The maximum atomic E-state index is 12.1. The first-order chi connectivity index (χ1) is 13.8. The molecule has 0 saturated heterocycles. The lowest BCUT2D eigenvalue weighted by atomic mass is 10.0. The molecule has 8 heteroatoms. The summed E-state index contributed by atoms with van der Waals surface area (Å²) >= 11 is 0. The van der Waals surface area contributed by atoms with E-state index in [4.69, 9.17) is 18.9 Å². The van der Waals surface area contributed by atoms with Crippen LogP contribution in [0.4, 0.5) is 0 Å². The molecule has 1 heterocycles. The van der Waals surface area contributed by atoms with Gasteiger partial charge < -0.3 is 24.3 Å². The quantitative estimate of drug-likeness (QED) is 0.546. The maximum Gasteiger partial charge on any atom is 0.328 e. The Balaban J connectivity index is 2.90. The Bertz CT molecular complexity index is 602. The first-order valence-electron chi connectivity index (χ1n) is 9.79. The summed E-state index contributed by atoms with van der Waals surface area (Å²) in [5.74, 6) is -1.35. The fourth-order valence-corrected chi connectivity index (χ4v) is 2.77. The maximum absolute atomic E-state index is 12.1. The van der Waals surface area contributed by atoms with E-state index in [0.29, 0.717) is 0 Å². The van der Waals surface area contributed by atoms with E-state index in [1.165, 1.54) is 7.11 Å². The third-order valence-electron chi connectivity index (χ3n) is 4.77. The lowest BCUT2D eigenvalue weighted by Crippen LogP contribution is -2.40. The van der Waals surface area contributed by atoms with Gasteiger partial charge in [-0.2, -0.15) is 0 Å². The van der Waals surface area contributed by atoms with Gasteiger partial charge in [0.1, 0.15) is 19.3 Å². The van der Waals surface area contributed by atoms with Crippen LogP contribution in [0.1, 0.15) is 33.6 Å². The number of ether oxygens (including phenoxy) is 4. The van der Waals surface area contributed by atoms with Crippen molar-refractivity contribution in [2.24, 2.45) is 11.8 Å². The van der Waals surface area contributed by atoms with Gasteiger partial charge in [-0.05, 0) is 6.92 Å². The smallest absolute Gasteiger partial charge is 0.328 e. The molecule has 0 unspecified atom stereocenters. The Morgan fingerprint density at radius 2 is 1.38 bits per heavy atom. The van der Waals surface area contributed by atoms with Gasteiger partial charge in [0.2, 0.25) is 5.91 Å². The van der Waals surface area contributed by atoms with Crippen LogP contribution in [-0.4, -0.2) is 63.5 Å². The van der Waals surface area contributed by atoms with Gasteiger partial charge in [0.25, 0.3) is 0 Å². The molecular formula is C21H33NO7. The van der Waals surface area contributed by atoms with E-state index in [1.54, 1.807) is 26.2 Å². The summed E-state index contributed by atoms with van der Waals surface area (Å²) in [6.07, 6.45) is 6.59. The predicted octanol–water partition coefficient (Wildman–Crippen LogP) is 1.79. The van der Waals surface area contributed by atoms with Gasteiger partial charge in [-0.3, -0.25) is 9.59 Å². The van der Waals surface area contributed by atoms with E-state index in [9.17, 15) is 14.4 Å². The summed E-state index contributed by atoms with van der Waals surface area (Å²) in [4.78, 5) is 36.2. The predicted molar refractivity (Wildman–Crippen MR) is 107 cm³/mol. The molecule has 0 aromatic carbocycles. The molecule has 29 heavy (non-hydrogen) atoms. The number of rotatable bonds is 2. The van der Waals surface area contributed by atoms with Crippen LogP contribution < -0.4 is 5.32 Å². The number of hydrogen-bond acceptors (Lipinski definition) is 7. The fraction of sp³-hybridized carbons (Fsp3) is 0.667. The number of cyclic esters (lactones) is 2. The second kappa shape index (κ2) is 13.1. The minimum atomic E-state index is -0.767. The van der Waals surface area contributed by atoms with Crippen LogP contribution in [0.5, 0.6) is 0 Å². The van der Waals surface area contributed by atoms with Gasteiger partial charge in [-0.15, -0.1) is 0 Å². The number of amides is 1. The fourth-order valence-electron chi connectivity index (χ4n) is 2.77. The van der Waals surface area contributed by atoms with Crippen LogP contribution in [0.2, 0.25) is 0 Å². The normalized spacial score (nSPS) is 31.1. The van der Waals surface area contributed by atoms with Gasteiger partial charge in [-0.25, -0.2) is 4.79 Å². The van der Waals surface area contributed by atoms with Gasteiger partial charge in [-0.1, -0.05) is 38.2 Å². The Labute approximate surface area is 172 Å². The molecule has 0 radical (unpaired) electrons. The van der Waals surface area contributed by atoms with Crippen molar-refractivity contribution in [2.45, 2.75) is 51.9 Å². The minimum absolute atomic E-state index is 0.0401. The Kier molecular flexibility index (Phi) is 11.2. The van der Waals surface area contributed by atoms with Crippen LogP contribution in [-0.2, 0) is 33.3 Å². The highest BCUT2D eigenvalue weighted by molar-refractivity contribution is 5.84. The van der Waals surface area contributed by atoms with E-state index in [1.807, 2.05) is 26.0 Å². The zero-order valence-corrected chi connectivity index (χ0v) is 17.9. The highest BCUT2D eigenvalue weighted by atomic mass is 16.6. The summed E-state index contributed by atoms with van der Waals surface area (Å²) in [5, 5.41) is 2.61. The van der Waals surface area contributed by atoms with Gasteiger partial charge >= 0.3 is 11.9 Å². The van der Waals surface area contributed by atoms with Gasteiger partial charge in [0.05, 0.1) is 18.6 Å². The average molecular weight is 411 g/mol. The SMILES string of the molecule is CO[C@H]1COC(=O)[C@@H](C)NC(=O)CC=C[C@@H](C)[C@H](OC)COC(=O)CC=C[C@@H]1C. The molecule has 0 bridgehead atoms. The third kappa shape index (κ3) is 9.23. The second-order valence-electron chi connectivity index (χ2n) is 7.13. The van der Waals surface area contributed by atoms with Crippen LogP contribution in [0, 0.1) is 11.8 Å². The summed E-state index contributed by atoms with van der Waals surface area (Å²) in [6.45, 7) is 5.54. The highest BCUT2D eigenvalue weighted by Gasteiger charge is 2.22. The van der Waals surface area contributed by atoms with E-state index in [2.05, 4.69) is 5.32 Å². The molecule has 0 aromatic heterocycles. The van der Waals surface area contributed by atoms with Crippen molar-refractivity contribution >= 4 is 17.8 Å². The number of methoxy groups -OCH3 is 2. The summed E-state index contributed by atoms with van der Waals surface area (Å²) in [7, 11) is 3.07. The van der Waals surface area contributed by atoms with E-state index >= 15 is 0 Å². The molecule has 0 spiro atoms. The van der Waals surface area contributed by atoms with Crippen molar-refractivity contribution in [2.75, 3.05) is 27.4 Å². The molecule has 1 amide bonds. The number of esters is 2.